The summed E-state index contributed by atoms with van der Waals surface area (Å²) in [7, 11) is 0. The topological polar surface area (TPSA) is 93.0 Å². The first kappa shape index (κ1) is 22.1. The number of nitrogens with zero attached hydrogens (tertiary/aromatic N) is 1. The molecule has 1 aliphatic heterocycles. The van der Waals surface area contributed by atoms with E-state index in [2.05, 4.69) is 33.5 Å². The van der Waals surface area contributed by atoms with Gasteiger partial charge in [-0.1, -0.05) is 54.6 Å². The number of pyridine rings is 1. The molecule has 0 saturated heterocycles. The molecule has 3 heterocycles. The van der Waals surface area contributed by atoms with E-state index in [1.54, 1.807) is 6.20 Å². The van der Waals surface area contributed by atoms with Crippen LogP contribution in [0.15, 0.2) is 97.5 Å². The summed E-state index contributed by atoms with van der Waals surface area (Å²) in [6, 6.07) is 25.9. The van der Waals surface area contributed by atoms with Crippen LogP contribution in [0.2, 0.25) is 0 Å². The Morgan fingerprint density at radius 3 is 2.67 bits per heavy atom. The number of aromatic nitrogens is 2. The van der Waals surface area contributed by atoms with E-state index < -0.39 is 0 Å². The molecule has 6 nitrogen and oxygen atoms in total. The molecule has 0 spiro atoms. The lowest BCUT2D eigenvalue weighted by atomic mass is 9.91. The molecule has 0 radical (unpaired) electrons. The highest BCUT2D eigenvalue weighted by atomic mass is 16.5. The summed E-state index contributed by atoms with van der Waals surface area (Å²) < 4.78 is 6.03. The molecule has 2 atom stereocenters. The molecule has 0 aliphatic carbocycles. The van der Waals surface area contributed by atoms with E-state index in [9.17, 15) is 4.79 Å². The van der Waals surface area contributed by atoms with Gasteiger partial charge in [0.05, 0.1) is 12.1 Å². The van der Waals surface area contributed by atoms with Crippen LogP contribution in [-0.2, 0) is 11.2 Å². The van der Waals surface area contributed by atoms with Gasteiger partial charge in [0, 0.05) is 40.6 Å². The van der Waals surface area contributed by atoms with Crippen LogP contribution in [0.3, 0.4) is 0 Å². The number of benzene rings is 3. The zero-order valence-electron chi connectivity index (χ0n) is 19.6. The van der Waals surface area contributed by atoms with Crippen LogP contribution in [0, 0.1) is 0 Å². The Morgan fingerprint density at radius 2 is 1.78 bits per heavy atom. The lowest BCUT2D eigenvalue weighted by Gasteiger charge is -2.14. The Kier molecular flexibility index (Phi) is 5.71. The van der Waals surface area contributed by atoms with E-state index in [1.807, 2.05) is 73.1 Å². The number of para-hydroxylation sites is 1. The number of hydrogen-bond acceptors (Lipinski definition) is 4. The Morgan fingerprint density at radius 1 is 0.944 bits per heavy atom. The van der Waals surface area contributed by atoms with Gasteiger partial charge < -0.3 is 20.8 Å². The van der Waals surface area contributed by atoms with Gasteiger partial charge in [0.1, 0.15) is 12.4 Å². The summed E-state index contributed by atoms with van der Waals surface area (Å²) in [5.74, 6) is 0.333. The maximum absolute atomic E-state index is 12.7. The molecule has 4 N–H and O–H groups in total. The van der Waals surface area contributed by atoms with Crippen LogP contribution >= 0.6 is 0 Å². The molecule has 1 amide bonds. The highest BCUT2D eigenvalue weighted by molar-refractivity contribution is 6.05. The van der Waals surface area contributed by atoms with E-state index in [-0.39, 0.29) is 17.9 Å². The molecular weight excluding hydrogens is 448 g/mol. The van der Waals surface area contributed by atoms with Crippen molar-refractivity contribution in [2.45, 2.75) is 18.4 Å². The van der Waals surface area contributed by atoms with Crippen molar-refractivity contribution in [1.29, 1.82) is 0 Å². The van der Waals surface area contributed by atoms with Crippen molar-refractivity contribution in [3.05, 3.63) is 114 Å². The summed E-state index contributed by atoms with van der Waals surface area (Å²) in [6.07, 6.45) is 6.24. The second-order valence-corrected chi connectivity index (χ2v) is 9.18. The second kappa shape index (κ2) is 9.32. The van der Waals surface area contributed by atoms with Crippen LogP contribution in [0.5, 0.6) is 5.75 Å². The number of anilines is 1. The highest BCUT2D eigenvalue weighted by Crippen LogP contribution is 2.39. The van der Waals surface area contributed by atoms with Gasteiger partial charge in [0.2, 0.25) is 5.91 Å². The Hall–Kier alpha value is -4.42. The fourth-order valence-electron chi connectivity index (χ4n) is 4.92. The van der Waals surface area contributed by atoms with E-state index in [0.29, 0.717) is 18.8 Å². The summed E-state index contributed by atoms with van der Waals surface area (Å²) in [5.41, 5.74) is 13.4. The molecule has 3 aromatic carbocycles. The maximum Gasteiger partial charge on any atom is 0.236 e. The van der Waals surface area contributed by atoms with Gasteiger partial charge in [-0.05, 0) is 52.9 Å². The average molecular weight is 475 g/mol. The number of nitrogens with two attached hydrogens (primary N) is 1. The summed E-state index contributed by atoms with van der Waals surface area (Å²) in [6.45, 7) is 0.378. The monoisotopic (exact) mass is 474 g/mol. The van der Waals surface area contributed by atoms with E-state index in [1.165, 1.54) is 10.9 Å². The quantitative estimate of drug-likeness (QED) is 0.300. The molecule has 0 bridgehead atoms. The van der Waals surface area contributed by atoms with Crippen molar-refractivity contribution >= 4 is 22.5 Å². The number of nitrogens with one attached hydrogen (secondary N) is 2. The van der Waals surface area contributed by atoms with Gasteiger partial charge in [0.25, 0.3) is 0 Å². The van der Waals surface area contributed by atoms with Crippen LogP contribution in [0.1, 0.15) is 22.6 Å². The average Bonchev–Trinajstić information content (AvgIpc) is 3.47. The summed E-state index contributed by atoms with van der Waals surface area (Å²) in [4.78, 5) is 20.4. The number of hydrogen-bond donors (Lipinski definition) is 3. The summed E-state index contributed by atoms with van der Waals surface area (Å²) in [5, 5.41) is 4.19. The first-order valence-electron chi connectivity index (χ1n) is 12.0. The van der Waals surface area contributed by atoms with Crippen molar-refractivity contribution in [2.24, 2.45) is 5.73 Å². The van der Waals surface area contributed by atoms with Crippen molar-refractivity contribution in [3.63, 3.8) is 0 Å². The van der Waals surface area contributed by atoms with Crippen molar-refractivity contribution in [2.75, 3.05) is 11.9 Å². The first-order valence-corrected chi connectivity index (χ1v) is 12.0. The lowest BCUT2D eigenvalue weighted by molar-refractivity contribution is -0.116. The molecule has 0 saturated carbocycles. The normalized spacial score (nSPS) is 15.5. The number of amides is 1. The van der Waals surface area contributed by atoms with Gasteiger partial charge in [-0.3, -0.25) is 9.78 Å². The molecule has 36 heavy (non-hydrogen) atoms. The van der Waals surface area contributed by atoms with Gasteiger partial charge >= 0.3 is 0 Å². The number of carbonyl (C=O) groups excluding carboxylic acids is 1. The molecule has 2 aromatic heterocycles. The Balaban J connectivity index is 1.18. The predicted molar refractivity (Wildman–Crippen MR) is 142 cm³/mol. The third-order valence-corrected chi connectivity index (χ3v) is 6.68. The standard InChI is InChI=1S/C30H26N4O2/c31-23(12-22-16-33-27-9-5-4-8-25(22)27)18-36-24-13-21(15-32-17-24)20-10-11-28-26(14-20)29(30(35)34-28)19-6-2-1-3-7-19/h1-11,13-17,23,29,33H,12,18,31H2,(H,34,35)/t23-,29?/m0/s1. The number of ether oxygens (including phenoxy) is 1. The van der Waals surface area contributed by atoms with Crippen LogP contribution in [0.25, 0.3) is 22.0 Å². The van der Waals surface area contributed by atoms with Crippen molar-refractivity contribution in [1.82, 2.24) is 9.97 Å². The van der Waals surface area contributed by atoms with Crippen molar-refractivity contribution < 1.29 is 9.53 Å². The zero-order valence-corrected chi connectivity index (χ0v) is 19.6. The molecule has 5 aromatic rings. The molecule has 0 fully saturated rings. The molecule has 1 unspecified atom stereocenters. The first-order chi connectivity index (χ1) is 17.7. The fourth-order valence-corrected chi connectivity index (χ4v) is 4.92. The fraction of sp³-hybridized carbons (Fsp3) is 0.133. The number of carbonyl (C=O) groups is 1. The SMILES string of the molecule is N[C@H](COc1cncc(-c2ccc3c(c2)C(c2ccccc2)C(=O)N3)c1)Cc1c[nH]c2ccccc12. The Labute approximate surface area is 209 Å². The van der Waals surface area contributed by atoms with Gasteiger partial charge in [-0.25, -0.2) is 0 Å². The summed E-state index contributed by atoms with van der Waals surface area (Å²) >= 11 is 0. The van der Waals surface area contributed by atoms with Crippen molar-refractivity contribution in [3.8, 4) is 16.9 Å². The van der Waals surface area contributed by atoms with Crippen LogP contribution in [0.4, 0.5) is 5.69 Å². The number of rotatable bonds is 7. The predicted octanol–water partition coefficient (Wildman–Crippen LogP) is 5.26. The number of H-pyrrole nitrogens is 1. The largest absolute Gasteiger partial charge is 0.490 e. The number of fused-ring (bicyclic) bond motifs is 2. The van der Waals surface area contributed by atoms with Gasteiger partial charge in [-0.15, -0.1) is 0 Å². The minimum atomic E-state index is -0.323. The molecule has 1 aliphatic rings. The minimum Gasteiger partial charge on any atom is -0.490 e. The van der Waals surface area contributed by atoms with Crippen LogP contribution < -0.4 is 15.8 Å². The third-order valence-electron chi connectivity index (χ3n) is 6.68. The zero-order chi connectivity index (χ0) is 24.5. The molecular formula is C30H26N4O2. The van der Waals surface area contributed by atoms with Gasteiger partial charge in [-0.2, -0.15) is 0 Å². The molecule has 178 valence electrons. The Bertz CT molecular complexity index is 1540. The van der Waals surface area contributed by atoms with E-state index >= 15 is 0 Å². The van der Waals surface area contributed by atoms with Crippen LogP contribution in [-0.4, -0.2) is 28.5 Å². The van der Waals surface area contributed by atoms with E-state index in [0.717, 1.165) is 33.5 Å². The highest BCUT2D eigenvalue weighted by Gasteiger charge is 2.32. The van der Waals surface area contributed by atoms with Gasteiger partial charge in [0.15, 0.2) is 0 Å². The third kappa shape index (κ3) is 4.23. The maximum atomic E-state index is 12.7. The molecule has 6 rings (SSSR count). The number of aromatic amines is 1. The lowest BCUT2D eigenvalue weighted by Crippen LogP contribution is -2.30. The minimum absolute atomic E-state index is 0.00672. The van der Waals surface area contributed by atoms with E-state index in [4.69, 9.17) is 10.5 Å². The second-order valence-electron chi connectivity index (χ2n) is 9.18. The molecule has 6 heteroatoms. The smallest absolute Gasteiger partial charge is 0.236 e.